The van der Waals surface area contributed by atoms with Crippen LogP contribution in [0.5, 0.6) is 0 Å². The number of nitrogens with one attached hydrogen (secondary N) is 2. The monoisotopic (exact) mass is 280 g/mol. The van der Waals surface area contributed by atoms with Crippen molar-refractivity contribution in [1.82, 2.24) is 10.2 Å². The molecule has 2 N–H and O–H groups in total. The maximum atomic E-state index is 13.3. The average molecular weight is 280 g/mol. The second-order valence-corrected chi connectivity index (χ2v) is 4.70. The Kier molecular flexibility index (Phi) is 3.81. The Morgan fingerprint density at radius 1 is 1.16 bits per heavy atom. The molecule has 0 fully saturated rings. The SMILES string of the molecule is Cc1nnc(NC(=O)C(=O)Nc2ccccc2F)s1. The molecule has 0 unspecified atom stereocenters. The van der Waals surface area contributed by atoms with Crippen LogP contribution in [-0.4, -0.2) is 22.0 Å². The summed E-state index contributed by atoms with van der Waals surface area (Å²) in [5, 5.41) is 12.6. The molecule has 0 aliphatic heterocycles. The lowest BCUT2D eigenvalue weighted by atomic mass is 10.3. The number of anilines is 2. The van der Waals surface area contributed by atoms with E-state index in [1.807, 2.05) is 0 Å². The Labute approximate surface area is 111 Å². The highest BCUT2D eigenvalue weighted by molar-refractivity contribution is 7.15. The molecule has 6 nitrogen and oxygen atoms in total. The van der Waals surface area contributed by atoms with Crippen LogP contribution in [0.4, 0.5) is 15.2 Å². The zero-order valence-electron chi connectivity index (χ0n) is 9.81. The van der Waals surface area contributed by atoms with Gasteiger partial charge in [0.15, 0.2) is 0 Å². The maximum absolute atomic E-state index is 13.3. The highest BCUT2D eigenvalue weighted by Gasteiger charge is 2.17. The van der Waals surface area contributed by atoms with Gasteiger partial charge in [-0.2, -0.15) is 0 Å². The molecule has 2 rings (SSSR count). The van der Waals surface area contributed by atoms with Gasteiger partial charge in [-0.3, -0.25) is 14.9 Å². The predicted octanol–water partition coefficient (Wildman–Crippen LogP) is 1.56. The summed E-state index contributed by atoms with van der Waals surface area (Å²) in [6.07, 6.45) is 0. The molecule has 8 heteroatoms. The summed E-state index contributed by atoms with van der Waals surface area (Å²) in [4.78, 5) is 23.1. The molecular weight excluding hydrogens is 271 g/mol. The summed E-state index contributed by atoms with van der Waals surface area (Å²) in [6.45, 7) is 1.72. The Bertz CT molecular complexity index is 629. The number of benzene rings is 1. The van der Waals surface area contributed by atoms with Crippen molar-refractivity contribution in [2.75, 3.05) is 10.6 Å². The van der Waals surface area contributed by atoms with E-state index in [0.29, 0.717) is 5.01 Å². The van der Waals surface area contributed by atoms with Crippen molar-refractivity contribution in [3.8, 4) is 0 Å². The van der Waals surface area contributed by atoms with Gasteiger partial charge in [-0.15, -0.1) is 10.2 Å². The van der Waals surface area contributed by atoms with Crippen LogP contribution >= 0.6 is 11.3 Å². The Morgan fingerprint density at radius 2 is 1.84 bits per heavy atom. The van der Waals surface area contributed by atoms with Gasteiger partial charge in [0.1, 0.15) is 10.8 Å². The van der Waals surface area contributed by atoms with Crippen LogP contribution in [-0.2, 0) is 9.59 Å². The molecule has 0 aliphatic rings. The third-order valence-electron chi connectivity index (χ3n) is 2.07. The molecule has 0 bridgehead atoms. The molecule has 0 radical (unpaired) electrons. The van der Waals surface area contributed by atoms with Gasteiger partial charge >= 0.3 is 11.8 Å². The lowest BCUT2D eigenvalue weighted by molar-refractivity contribution is -0.133. The van der Waals surface area contributed by atoms with E-state index in [-0.39, 0.29) is 10.8 Å². The second-order valence-electron chi connectivity index (χ2n) is 3.51. The van der Waals surface area contributed by atoms with Gasteiger partial charge in [0.05, 0.1) is 5.69 Å². The lowest BCUT2D eigenvalue weighted by Crippen LogP contribution is -2.29. The minimum atomic E-state index is -0.974. The molecule has 2 aromatic rings. The van der Waals surface area contributed by atoms with E-state index in [4.69, 9.17) is 0 Å². The minimum absolute atomic E-state index is 0.0592. The summed E-state index contributed by atoms with van der Waals surface area (Å²) in [6, 6.07) is 5.57. The number of aryl methyl sites for hydroxylation is 1. The number of halogens is 1. The third-order valence-corrected chi connectivity index (χ3v) is 2.83. The number of hydrogen-bond donors (Lipinski definition) is 2. The van der Waals surface area contributed by atoms with Crippen molar-refractivity contribution < 1.29 is 14.0 Å². The summed E-state index contributed by atoms with van der Waals surface area (Å²) >= 11 is 1.13. The van der Waals surface area contributed by atoms with Gasteiger partial charge in [0.2, 0.25) is 5.13 Å². The fraction of sp³-hybridized carbons (Fsp3) is 0.0909. The van der Waals surface area contributed by atoms with Crippen LogP contribution in [0.15, 0.2) is 24.3 Å². The fourth-order valence-electron chi connectivity index (χ4n) is 1.24. The Balaban J connectivity index is 2.00. The van der Waals surface area contributed by atoms with Crippen molar-refractivity contribution in [2.45, 2.75) is 6.92 Å². The molecule has 0 atom stereocenters. The predicted molar refractivity (Wildman–Crippen MR) is 68.3 cm³/mol. The van der Waals surface area contributed by atoms with Gasteiger partial charge in [-0.05, 0) is 19.1 Å². The number of rotatable bonds is 2. The van der Waals surface area contributed by atoms with E-state index in [9.17, 15) is 14.0 Å². The second kappa shape index (κ2) is 5.53. The van der Waals surface area contributed by atoms with Gasteiger partial charge in [-0.25, -0.2) is 4.39 Å². The molecule has 1 aromatic heterocycles. The average Bonchev–Trinajstić information content (AvgIpc) is 2.77. The topological polar surface area (TPSA) is 84.0 Å². The van der Waals surface area contributed by atoms with Crippen LogP contribution in [0.3, 0.4) is 0 Å². The Hall–Kier alpha value is -2.35. The quantitative estimate of drug-likeness (QED) is 0.818. The van der Waals surface area contributed by atoms with Crippen LogP contribution in [0.25, 0.3) is 0 Å². The molecule has 19 heavy (non-hydrogen) atoms. The smallest absolute Gasteiger partial charge is 0.315 e. The van der Waals surface area contributed by atoms with Crippen LogP contribution in [0.1, 0.15) is 5.01 Å². The molecule has 0 saturated carbocycles. The zero-order chi connectivity index (χ0) is 13.8. The van der Waals surface area contributed by atoms with E-state index in [1.165, 1.54) is 18.2 Å². The molecule has 1 aromatic carbocycles. The molecule has 98 valence electrons. The molecule has 1 heterocycles. The maximum Gasteiger partial charge on any atom is 0.315 e. The van der Waals surface area contributed by atoms with Crippen LogP contribution in [0, 0.1) is 12.7 Å². The minimum Gasteiger partial charge on any atom is -0.315 e. The van der Waals surface area contributed by atoms with E-state index in [0.717, 1.165) is 11.3 Å². The number of hydrogen-bond acceptors (Lipinski definition) is 5. The first kappa shape index (κ1) is 13.1. The molecular formula is C11H9FN4O2S. The van der Waals surface area contributed by atoms with Crippen molar-refractivity contribution >= 4 is 34.0 Å². The fourth-order valence-corrected chi connectivity index (χ4v) is 1.83. The zero-order valence-corrected chi connectivity index (χ0v) is 10.6. The van der Waals surface area contributed by atoms with Crippen molar-refractivity contribution in [2.24, 2.45) is 0 Å². The van der Waals surface area contributed by atoms with Gasteiger partial charge in [0.25, 0.3) is 0 Å². The number of nitrogens with zero attached hydrogens (tertiary/aromatic N) is 2. The van der Waals surface area contributed by atoms with E-state index >= 15 is 0 Å². The summed E-state index contributed by atoms with van der Waals surface area (Å²) in [7, 11) is 0. The van der Waals surface area contributed by atoms with E-state index in [1.54, 1.807) is 13.0 Å². The largest absolute Gasteiger partial charge is 0.315 e. The first-order valence-corrected chi connectivity index (χ1v) is 6.05. The van der Waals surface area contributed by atoms with Crippen molar-refractivity contribution in [3.05, 3.63) is 35.1 Å². The lowest BCUT2D eigenvalue weighted by Gasteiger charge is -2.05. The van der Waals surface area contributed by atoms with Crippen molar-refractivity contribution in [1.29, 1.82) is 0 Å². The van der Waals surface area contributed by atoms with Gasteiger partial charge in [-0.1, -0.05) is 23.5 Å². The van der Waals surface area contributed by atoms with E-state index in [2.05, 4.69) is 20.8 Å². The number of carbonyl (C=O) groups excluding carboxylic acids is 2. The standard InChI is InChI=1S/C11H9FN4O2S/c1-6-15-16-11(19-6)14-10(18)9(17)13-8-5-3-2-4-7(8)12/h2-5H,1H3,(H,13,17)(H,14,16,18). The summed E-state index contributed by atoms with van der Waals surface area (Å²) in [5.41, 5.74) is -0.0592. The van der Waals surface area contributed by atoms with Crippen LogP contribution < -0.4 is 10.6 Å². The molecule has 0 aliphatic carbocycles. The van der Waals surface area contributed by atoms with E-state index < -0.39 is 17.6 Å². The third kappa shape index (κ3) is 3.32. The number of carbonyl (C=O) groups is 2. The molecule has 0 spiro atoms. The van der Waals surface area contributed by atoms with Gasteiger partial charge in [0, 0.05) is 0 Å². The summed E-state index contributed by atoms with van der Waals surface area (Å²) in [5.74, 6) is -2.52. The van der Waals surface area contributed by atoms with Crippen molar-refractivity contribution in [3.63, 3.8) is 0 Å². The molecule has 0 saturated heterocycles. The molecule has 2 amide bonds. The highest BCUT2D eigenvalue weighted by Crippen LogP contribution is 2.14. The Morgan fingerprint density at radius 3 is 2.47 bits per heavy atom. The number of amides is 2. The normalized spacial score (nSPS) is 10.0. The first-order valence-electron chi connectivity index (χ1n) is 5.23. The first-order chi connectivity index (χ1) is 9.06. The highest BCUT2D eigenvalue weighted by atomic mass is 32.1. The number of aromatic nitrogens is 2. The van der Waals surface area contributed by atoms with Crippen LogP contribution in [0.2, 0.25) is 0 Å². The summed E-state index contributed by atoms with van der Waals surface area (Å²) < 4.78 is 13.3. The number of para-hydroxylation sites is 1. The van der Waals surface area contributed by atoms with Gasteiger partial charge < -0.3 is 5.32 Å².